The first-order valence-corrected chi connectivity index (χ1v) is 5.50. The molecule has 1 aliphatic carbocycles. The third-order valence-electron chi connectivity index (χ3n) is 2.92. The molecule has 2 rings (SSSR count). The van der Waals surface area contributed by atoms with Crippen molar-refractivity contribution >= 4 is 0 Å². The van der Waals surface area contributed by atoms with Crippen molar-refractivity contribution in [1.29, 1.82) is 0 Å². The lowest BCUT2D eigenvalue weighted by Gasteiger charge is -2.34. The summed E-state index contributed by atoms with van der Waals surface area (Å²) < 4.78 is 0. The van der Waals surface area contributed by atoms with Gasteiger partial charge in [0.15, 0.2) is 0 Å². The van der Waals surface area contributed by atoms with Gasteiger partial charge in [0.25, 0.3) is 0 Å². The molecule has 2 nitrogen and oxygen atoms in total. The molecule has 1 heterocycles. The summed E-state index contributed by atoms with van der Waals surface area (Å²) in [5.41, 5.74) is 1.38. The minimum absolute atomic E-state index is 0.506. The van der Waals surface area contributed by atoms with E-state index in [9.17, 15) is 0 Å². The van der Waals surface area contributed by atoms with Crippen LogP contribution < -0.4 is 5.32 Å². The van der Waals surface area contributed by atoms with E-state index >= 15 is 0 Å². The van der Waals surface area contributed by atoms with E-state index in [0.29, 0.717) is 6.04 Å². The van der Waals surface area contributed by atoms with Gasteiger partial charge in [0, 0.05) is 25.7 Å². The summed E-state index contributed by atoms with van der Waals surface area (Å²) in [6.45, 7) is 3.26. The smallest absolute Gasteiger partial charge is 0.0470 e. The molecule has 1 N–H and O–H groups in total. The standard InChI is InChI=1S/C13H18N2/c1-15-10-9-14-11-13(15)12-7-5-3-2-4-6-8-12/h2-8,13-14H,9-11H2,1H3/b3-2+,4-2?,5-3?,6-4+,7-5?,8-6?,12-7?,12-8?. The van der Waals surface area contributed by atoms with Gasteiger partial charge in [-0.15, -0.1) is 0 Å². The molecule has 2 heteroatoms. The minimum Gasteiger partial charge on any atom is -0.314 e. The van der Waals surface area contributed by atoms with Crippen molar-refractivity contribution in [1.82, 2.24) is 10.2 Å². The summed E-state index contributed by atoms with van der Waals surface area (Å²) in [5.74, 6) is 0. The molecule has 0 radical (unpaired) electrons. The maximum absolute atomic E-state index is 3.44. The number of hydrogen-bond donors (Lipinski definition) is 1. The Balaban J connectivity index is 2.14. The number of nitrogens with zero attached hydrogens (tertiary/aromatic N) is 1. The summed E-state index contributed by atoms with van der Waals surface area (Å²) in [7, 11) is 2.19. The van der Waals surface area contributed by atoms with Crippen molar-refractivity contribution in [3.8, 4) is 0 Å². The molecule has 0 amide bonds. The zero-order valence-electron chi connectivity index (χ0n) is 9.19. The van der Waals surface area contributed by atoms with Crippen LogP contribution in [0.25, 0.3) is 0 Å². The molecule has 0 aromatic heterocycles. The molecule has 1 fully saturated rings. The molecular weight excluding hydrogens is 184 g/mol. The second-order valence-corrected chi connectivity index (χ2v) is 4.00. The van der Waals surface area contributed by atoms with Crippen molar-refractivity contribution in [3.05, 3.63) is 48.1 Å². The molecule has 0 saturated carbocycles. The lowest BCUT2D eigenvalue weighted by molar-refractivity contribution is 0.230. The fourth-order valence-corrected chi connectivity index (χ4v) is 1.98. The third-order valence-corrected chi connectivity index (χ3v) is 2.92. The van der Waals surface area contributed by atoms with E-state index in [0.717, 1.165) is 19.6 Å². The molecule has 0 aromatic rings. The SMILES string of the molecule is CN1CCNCC1C1=C/C=C/C=C/C=C1. The summed E-state index contributed by atoms with van der Waals surface area (Å²) in [6, 6.07) is 0.506. The average molecular weight is 202 g/mol. The molecule has 1 atom stereocenters. The van der Waals surface area contributed by atoms with E-state index in [1.807, 2.05) is 6.08 Å². The predicted octanol–water partition coefficient (Wildman–Crippen LogP) is 1.50. The van der Waals surface area contributed by atoms with Crippen molar-refractivity contribution in [2.24, 2.45) is 0 Å². The highest BCUT2D eigenvalue weighted by Crippen LogP contribution is 2.14. The van der Waals surface area contributed by atoms with Crippen LogP contribution in [0.2, 0.25) is 0 Å². The lowest BCUT2D eigenvalue weighted by Crippen LogP contribution is -2.49. The molecule has 2 aliphatic rings. The summed E-state index contributed by atoms with van der Waals surface area (Å²) in [6.07, 6.45) is 14.8. The Hall–Kier alpha value is -1.12. The fourth-order valence-electron chi connectivity index (χ4n) is 1.98. The van der Waals surface area contributed by atoms with Crippen molar-refractivity contribution < 1.29 is 0 Å². The maximum atomic E-state index is 3.44. The average Bonchev–Trinajstić information content (AvgIpc) is 2.19. The van der Waals surface area contributed by atoms with E-state index in [1.54, 1.807) is 0 Å². The Morgan fingerprint density at radius 3 is 2.87 bits per heavy atom. The minimum atomic E-state index is 0.506. The first-order valence-electron chi connectivity index (χ1n) is 5.50. The molecule has 0 aromatic carbocycles. The molecule has 1 aliphatic heterocycles. The van der Waals surface area contributed by atoms with Gasteiger partial charge in [-0.05, 0) is 12.6 Å². The summed E-state index contributed by atoms with van der Waals surface area (Å²) >= 11 is 0. The highest BCUT2D eigenvalue weighted by atomic mass is 15.2. The van der Waals surface area contributed by atoms with Gasteiger partial charge in [-0.2, -0.15) is 0 Å². The monoisotopic (exact) mass is 202 g/mol. The van der Waals surface area contributed by atoms with Gasteiger partial charge < -0.3 is 5.32 Å². The largest absolute Gasteiger partial charge is 0.314 e. The van der Waals surface area contributed by atoms with Gasteiger partial charge in [-0.25, -0.2) is 0 Å². The Kier molecular flexibility index (Phi) is 3.54. The van der Waals surface area contributed by atoms with Crippen molar-refractivity contribution in [2.75, 3.05) is 26.7 Å². The lowest BCUT2D eigenvalue weighted by atomic mass is 10.0. The first kappa shape index (κ1) is 10.4. The molecule has 0 spiro atoms. The maximum Gasteiger partial charge on any atom is 0.0470 e. The quantitative estimate of drug-likeness (QED) is 0.693. The van der Waals surface area contributed by atoms with Crippen LogP contribution in [0.15, 0.2) is 48.1 Å². The van der Waals surface area contributed by atoms with Crippen LogP contribution in [0, 0.1) is 0 Å². The Morgan fingerprint density at radius 2 is 2.00 bits per heavy atom. The number of rotatable bonds is 1. The molecule has 80 valence electrons. The van der Waals surface area contributed by atoms with Crippen LogP contribution in [0.4, 0.5) is 0 Å². The van der Waals surface area contributed by atoms with Gasteiger partial charge in [0.1, 0.15) is 0 Å². The van der Waals surface area contributed by atoms with E-state index in [-0.39, 0.29) is 0 Å². The van der Waals surface area contributed by atoms with Gasteiger partial charge in [0.2, 0.25) is 0 Å². The van der Waals surface area contributed by atoms with E-state index in [2.05, 4.69) is 53.7 Å². The second kappa shape index (κ2) is 5.10. The van der Waals surface area contributed by atoms with Gasteiger partial charge in [-0.1, -0.05) is 42.5 Å². The number of nitrogens with one attached hydrogen (secondary N) is 1. The van der Waals surface area contributed by atoms with Crippen LogP contribution in [-0.2, 0) is 0 Å². The van der Waals surface area contributed by atoms with Crippen LogP contribution in [0.5, 0.6) is 0 Å². The number of allylic oxidation sites excluding steroid dienone is 6. The van der Waals surface area contributed by atoms with Crippen LogP contribution in [0.3, 0.4) is 0 Å². The van der Waals surface area contributed by atoms with Crippen LogP contribution >= 0.6 is 0 Å². The topological polar surface area (TPSA) is 15.3 Å². The number of hydrogen-bond acceptors (Lipinski definition) is 2. The fraction of sp³-hybridized carbons (Fsp3) is 0.385. The Bertz CT molecular complexity index is 323. The zero-order valence-corrected chi connectivity index (χ0v) is 9.19. The van der Waals surface area contributed by atoms with E-state index < -0.39 is 0 Å². The molecule has 1 saturated heterocycles. The Morgan fingerprint density at radius 1 is 1.20 bits per heavy atom. The van der Waals surface area contributed by atoms with Crippen molar-refractivity contribution in [2.45, 2.75) is 6.04 Å². The van der Waals surface area contributed by atoms with Crippen LogP contribution in [-0.4, -0.2) is 37.6 Å². The normalized spacial score (nSPS) is 31.5. The predicted molar refractivity (Wildman–Crippen MR) is 64.8 cm³/mol. The second-order valence-electron chi connectivity index (χ2n) is 4.00. The van der Waals surface area contributed by atoms with Gasteiger partial charge in [0.05, 0.1) is 0 Å². The molecular formula is C13H18N2. The molecule has 0 bridgehead atoms. The highest BCUT2D eigenvalue weighted by molar-refractivity contribution is 5.34. The van der Waals surface area contributed by atoms with Crippen LogP contribution in [0.1, 0.15) is 0 Å². The Labute approximate surface area is 91.7 Å². The number of piperazine rings is 1. The zero-order chi connectivity index (χ0) is 10.5. The van der Waals surface area contributed by atoms with Crippen molar-refractivity contribution in [3.63, 3.8) is 0 Å². The summed E-state index contributed by atoms with van der Waals surface area (Å²) in [4.78, 5) is 2.41. The van der Waals surface area contributed by atoms with E-state index in [4.69, 9.17) is 0 Å². The van der Waals surface area contributed by atoms with Gasteiger partial charge in [-0.3, -0.25) is 4.90 Å². The van der Waals surface area contributed by atoms with E-state index in [1.165, 1.54) is 5.57 Å². The third kappa shape index (κ3) is 2.67. The molecule has 1 unspecified atom stereocenters. The van der Waals surface area contributed by atoms with Gasteiger partial charge >= 0.3 is 0 Å². The first-order chi connectivity index (χ1) is 7.38. The number of likely N-dealkylation sites (N-methyl/N-ethyl adjacent to an activating group) is 1. The molecule has 15 heavy (non-hydrogen) atoms. The summed E-state index contributed by atoms with van der Waals surface area (Å²) in [5, 5.41) is 3.44. The highest BCUT2D eigenvalue weighted by Gasteiger charge is 2.20.